The van der Waals surface area contributed by atoms with Crippen molar-refractivity contribution in [1.29, 1.82) is 0 Å². The lowest BCUT2D eigenvalue weighted by Crippen LogP contribution is -2.65. The predicted octanol–water partition coefficient (Wildman–Crippen LogP) is 3.64. The number of nitrogens with zero attached hydrogens (tertiary/aromatic N) is 3. The number of likely N-dealkylation sites (tertiary alicyclic amines) is 1. The molecule has 1 fully saturated rings. The molecule has 2 aromatic heterocycles. The van der Waals surface area contributed by atoms with E-state index in [1.54, 1.807) is 7.11 Å². The Bertz CT molecular complexity index is 1320. The highest BCUT2D eigenvalue weighted by molar-refractivity contribution is 5.89. The number of nitrogens with one attached hydrogen (secondary N) is 1. The van der Waals surface area contributed by atoms with Gasteiger partial charge in [-0.05, 0) is 35.4 Å². The molecule has 174 valence electrons. The van der Waals surface area contributed by atoms with Crippen LogP contribution in [0.2, 0.25) is 0 Å². The Morgan fingerprint density at radius 3 is 2.65 bits per heavy atom. The SMILES string of the molecule is COc1ccc2c3c(n(C)c2c1)[C@H](CO)NCC31CN(Cc2ccc(-c3ccccn3)cc2)C1. The molecule has 0 radical (unpaired) electrons. The van der Waals surface area contributed by atoms with Crippen LogP contribution in [0.3, 0.4) is 0 Å². The van der Waals surface area contributed by atoms with Crippen molar-refractivity contribution in [1.82, 2.24) is 19.8 Å². The summed E-state index contributed by atoms with van der Waals surface area (Å²) in [6, 6.07) is 21.1. The van der Waals surface area contributed by atoms with Crippen molar-refractivity contribution < 1.29 is 9.84 Å². The molecular weight excluding hydrogens is 424 g/mol. The van der Waals surface area contributed by atoms with Crippen molar-refractivity contribution in [2.75, 3.05) is 33.4 Å². The van der Waals surface area contributed by atoms with Crippen LogP contribution in [0.25, 0.3) is 22.2 Å². The van der Waals surface area contributed by atoms with Crippen LogP contribution in [0.15, 0.2) is 66.9 Å². The fourth-order valence-corrected chi connectivity index (χ4v) is 5.95. The van der Waals surface area contributed by atoms with Gasteiger partial charge in [-0.2, -0.15) is 0 Å². The summed E-state index contributed by atoms with van der Waals surface area (Å²) in [5.74, 6) is 0.859. The summed E-state index contributed by atoms with van der Waals surface area (Å²) in [6.45, 7) is 3.90. The Labute approximate surface area is 199 Å². The number of methoxy groups -OCH3 is 1. The highest BCUT2D eigenvalue weighted by atomic mass is 16.5. The molecule has 1 atom stereocenters. The summed E-state index contributed by atoms with van der Waals surface area (Å²) < 4.78 is 7.72. The number of aliphatic hydroxyl groups excluding tert-OH is 1. The fraction of sp³-hybridized carbons (Fsp3) is 0.321. The van der Waals surface area contributed by atoms with Gasteiger partial charge >= 0.3 is 0 Å². The smallest absolute Gasteiger partial charge is 0.120 e. The van der Waals surface area contributed by atoms with Crippen LogP contribution in [-0.2, 0) is 19.0 Å². The summed E-state index contributed by atoms with van der Waals surface area (Å²) in [4.78, 5) is 6.97. The molecule has 0 bridgehead atoms. The van der Waals surface area contributed by atoms with E-state index < -0.39 is 0 Å². The van der Waals surface area contributed by atoms with E-state index in [0.717, 1.165) is 48.7 Å². The van der Waals surface area contributed by atoms with Crippen molar-refractivity contribution in [3.8, 4) is 17.0 Å². The van der Waals surface area contributed by atoms with Crippen molar-refractivity contribution in [3.05, 3.63) is 83.7 Å². The lowest BCUT2D eigenvalue weighted by molar-refractivity contribution is 0.0443. The zero-order chi connectivity index (χ0) is 23.3. The van der Waals surface area contributed by atoms with Crippen molar-refractivity contribution in [2.24, 2.45) is 7.05 Å². The molecule has 6 rings (SSSR count). The molecule has 0 amide bonds. The Kier molecular flexibility index (Phi) is 5.17. The van der Waals surface area contributed by atoms with Crippen LogP contribution in [0.1, 0.15) is 22.9 Å². The lowest BCUT2D eigenvalue weighted by atomic mass is 9.69. The van der Waals surface area contributed by atoms with Gasteiger partial charge in [0.2, 0.25) is 0 Å². The van der Waals surface area contributed by atoms with E-state index >= 15 is 0 Å². The number of aliphatic hydroxyl groups is 1. The number of benzene rings is 2. The summed E-state index contributed by atoms with van der Waals surface area (Å²) in [6.07, 6.45) is 1.83. The normalized spacial score (nSPS) is 19.2. The molecule has 6 heteroatoms. The predicted molar refractivity (Wildman–Crippen MR) is 134 cm³/mol. The summed E-state index contributed by atoms with van der Waals surface area (Å²) in [5.41, 5.74) is 7.28. The maximum Gasteiger partial charge on any atom is 0.120 e. The van der Waals surface area contributed by atoms with E-state index in [1.807, 2.05) is 30.5 Å². The average Bonchev–Trinajstić information content (AvgIpc) is 3.17. The fourth-order valence-electron chi connectivity index (χ4n) is 5.95. The first-order valence-electron chi connectivity index (χ1n) is 11.9. The second kappa shape index (κ2) is 8.24. The molecular formula is C28H30N4O2. The summed E-state index contributed by atoms with van der Waals surface area (Å²) in [5, 5.41) is 15.0. The van der Waals surface area contributed by atoms with Gasteiger partial charge < -0.3 is 19.7 Å². The van der Waals surface area contributed by atoms with Gasteiger partial charge in [0.25, 0.3) is 0 Å². The molecule has 0 saturated carbocycles. The van der Waals surface area contributed by atoms with E-state index in [-0.39, 0.29) is 18.1 Å². The van der Waals surface area contributed by atoms with Gasteiger partial charge in [-0.25, -0.2) is 0 Å². The highest BCUT2D eigenvalue weighted by Crippen LogP contribution is 2.47. The molecule has 0 unspecified atom stereocenters. The summed E-state index contributed by atoms with van der Waals surface area (Å²) in [7, 11) is 3.81. The largest absolute Gasteiger partial charge is 0.497 e. The number of hydrogen-bond donors (Lipinski definition) is 2. The number of rotatable bonds is 5. The molecule has 34 heavy (non-hydrogen) atoms. The molecule has 1 saturated heterocycles. The van der Waals surface area contributed by atoms with Gasteiger partial charge in [0.15, 0.2) is 0 Å². The zero-order valence-electron chi connectivity index (χ0n) is 19.7. The number of aryl methyl sites for hydroxylation is 1. The number of ether oxygens (including phenoxy) is 1. The molecule has 4 aromatic rings. The van der Waals surface area contributed by atoms with E-state index in [9.17, 15) is 5.11 Å². The van der Waals surface area contributed by atoms with E-state index in [2.05, 4.69) is 63.2 Å². The second-order valence-electron chi connectivity index (χ2n) is 9.66. The minimum absolute atomic E-state index is 0.0442. The molecule has 2 aromatic carbocycles. The van der Waals surface area contributed by atoms with Crippen molar-refractivity contribution in [3.63, 3.8) is 0 Å². The van der Waals surface area contributed by atoms with Crippen LogP contribution in [-0.4, -0.2) is 52.9 Å². The van der Waals surface area contributed by atoms with Crippen LogP contribution in [0, 0.1) is 0 Å². The van der Waals surface area contributed by atoms with Crippen LogP contribution in [0.5, 0.6) is 5.75 Å². The van der Waals surface area contributed by atoms with Crippen molar-refractivity contribution >= 4 is 10.9 Å². The minimum atomic E-state index is -0.0442. The monoisotopic (exact) mass is 454 g/mol. The summed E-state index contributed by atoms with van der Waals surface area (Å²) >= 11 is 0. The third-order valence-corrected chi connectivity index (χ3v) is 7.56. The average molecular weight is 455 g/mol. The van der Waals surface area contributed by atoms with Gasteiger partial charge in [0.1, 0.15) is 5.75 Å². The van der Waals surface area contributed by atoms with E-state index in [1.165, 1.54) is 22.2 Å². The quantitative estimate of drug-likeness (QED) is 0.482. The first-order valence-corrected chi connectivity index (χ1v) is 11.9. The molecule has 2 N–H and O–H groups in total. The Balaban J connectivity index is 1.26. The Hall–Kier alpha value is -3.19. The van der Waals surface area contributed by atoms with Crippen LogP contribution < -0.4 is 10.1 Å². The maximum atomic E-state index is 10.1. The molecule has 1 spiro atoms. The number of pyridine rings is 1. The van der Waals surface area contributed by atoms with Gasteiger partial charge in [0.05, 0.1) is 31.0 Å². The van der Waals surface area contributed by atoms with Gasteiger partial charge in [-0.3, -0.25) is 9.88 Å². The third kappa shape index (κ3) is 3.33. The zero-order valence-corrected chi connectivity index (χ0v) is 19.7. The van der Waals surface area contributed by atoms with Gasteiger partial charge in [0, 0.05) is 67.5 Å². The van der Waals surface area contributed by atoms with E-state index in [0.29, 0.717) is 0 Å². The van der Waals surface area contributed by atoms with Gasteiger partial charge in [-0.15, -0.1) is 0 Å². The molecule has 4 heterocycles. The Morgan fingerprint density at radius 2 is 1.94 bits per heavy atom. The Morgan fingerprint density at radius 1 is 1.12 bits per heavy atom. The standard InChI is InChI=1S/C28H30N4O2/c1-31-25-13-21(34-2)10-11-22(25)26-27(31)24(15-33)30-16-28(26)17-32(18-28)14-19-6-8-20(9-7-19)23-5-3-4-12-29-23/h3-13,24,30,33H,14-18H2,1-2H3/t24-/m0/s1. The van der Waals surface area contributed by atoms with Gasteiger partial charge in [-0.1, -0.05) is 30.3 Å². The number of hydrogen-bond acceptors (Lipinski definition) is 5. The number of fused-ring (bicyclic) bond motifs is 4. The maximum absolute atomic E-state index is 10.1. The molecule has 0 aliphatic carbocycles. The minimum Gasteiger partial charge on any atom is -0.497 e. The van der Waals surface area contributed by atoms with E-state index in [4.69, 9.17) is 4.74 Å². The molecule has 2 aliphatic rings. The lowest BCUT2D eigenvalue weighted by Gasteiger charge is -2.54. The van der Waals surface area contributed by atoms with Crippen LogP contribution >= 0.6 is 0 Å². The highest BCUT2D eigenvalue weighted by Gasteiger charge is 2.50. The molecule has 6 nitrogen and oxygen atoms in total. The number of aromatic nitrogens is 2. The van der Waals surface area contributed by atoms with Crippen LogP contribution in [0.4, 0.5) is 0 Å². The van der Waals surface area contributed by atoms with Crippen molar-refractivity contribution in [2.45, 2.75) is 18.0 Å². The molecule has 2 aliphatic heterocycles. The third-order valence-electron chi connectivity index (χ3n) is 7.56. The second-order valence-corrected chi connectivity index (χ2v) is 9.66. The topological polar surface area (TPSA) is 62.6 Å². The first kappa shape index (κ1) is 21.4. The first-order chi connectivity index (χ1) is 16.6.